The SMILES string of the molecule is COCCCS(=O)(=O)N1CCC[C@@H]1CO. The molecule has 0 aromatic carbocycles. The highest BCUT2D eigenvalue weighted by Crippen LogP contribution is 2.21. The first-order chi connectivity index (χ1) is 7.11. The lowest BCUT2D eigenvalue weighted by Crippen LogP contribution is -2.39. The van der Waals surface area contributed by atoms with Gasteiger partial charge in [0.05, 0.1) is 12.4 Å². The molecule has 1 rings (SSSR count). The highest BCUT2D eigenvalue weighted by atomic mass is 32.2. The predicted octanol–water partition coefficient (Wildman–Crippen LogP) is -0.191. The van der Waals surface area contributed by atoms with E-state index in [1.165, 1.54) is 4.31 Å². The molecule has 0 radical (unpaired) electrons. The van der Waals surface area contributed by atoms with Crippen molar-refractivity contribution in [1.29, 1.82) is 0 Å². The molecule has 90 valence electrons. The van der Waals surface area contributed by atoms with Crippen LogP contribution < -0.4 is 0 Å². The first-order valence-corrected chi connectivity index (χ1v) is 6.82. The van der Waals surface area contributed by atoms with Crippen molar-refractivity contribution in [3.8, 4) is 0 Å². The molecule has 1 aliphatic rings. The normalized spacial score (nSPS) is 23.5. The Bertz CT molecular complexity index is 278. The second-order valence-electron chi connectivity index (χ2n) is 3.75. The van der Waals surface area contributed by atoms with E-state index in [4.69, 9.17) is 9.84 Å². The van der Waals surface area contributed by atoms with Gasteiger partial charge in [-0.25, -0.2) is 8.42 Å². The van der Waals surface area contributed by atoms with Crippen molar-refractivity contribution < 1.29 is 18.3 Å². The van der Waals surface area contributed by atoms with Gasteiger partial charge in [-0.1, -0.05) is 0 Å². The van der Waals surface area contributed by atoms with E-state index >= 15 is 0 Å². The van der Waals surface area contributed by atoms with Gasteiger partial charge in [-0.15, -0.1) is 0 Å². The fourth-order valence-electron chi connectivity index (χ4n) is 1.86. The second-order valence-corrected chi connectivity index (χ2v) is 5.79. The first kappa shape index (κ1) is 12.9. The van der Waals surface area contributed by atoms with Gasteiger partial charge in [-0.2, -0.15) is 4.31 Å². The van der Waals surface area contributed by atoms with E-state index in [0.717, 1.165) is 12.8 Å². The summed E-state index contributed by atoms with van der Waals surface area (Å²) in [5, 5.41) is 9.04. The van der Waals surface area contributed by atoms with Crippen molar-refractivity contribution in [1.82, 2.24) is 4.31 Å². The van der Waals surface area contributed by atoms with E-state index in [9.17, 15) is 8.42 Å². The lowest BCUT2D eigenvalue weighted by atomic mass is 10.2. The van der Waals surface area contributed by atoms with Crippen molar-refractivity contribution in [3.63, 3.8) is 0 Å². The van der Waals surface area contributed by atoms with Gasteiger partial charge in [0.1, 0.15) is 0 Å². The molecule has 6 heteroatoms. The van der Waals surface area contributed by atoms with Crippen LogP contribution in [0.3, 0.4) is 0 Å². The fraction of sp³-hybridized carbons (Fsp3) is 1.00. The van der Waals surface area contributed by atoms with Crippen LogP contribution in [-0.4, -0.2) is 56.5 Å². The van der Waals surface area contributed by atoms with Crippen LogP contribution in [0.1, 0.15) is 19.3 Å². The minimum atomic E-state index is -3.20. The summed E-state index contributed by atoms with van der Waals surface area (Å²) in [5.74, 6) is 0.108. The number of methoxy groups -OCH3 is 1. The summed E-state index contributed by atoms with van der Waals surface area (Å²) in [5.41, 5.74) is 0. The Morgan fingerprint density at radius 1 is 1.53 bits per heavy atom. The Balaban J connectivity index is 2.52. The maximum absolute atomic E-state index is 11.8. The van der Waals surface area contributed by atoms with Crippen LogP contribution in [0.2, 0.25) is 0 Å². The van der Waals surface area contributed by atoms with E-state index in [0.29, 0.717) is 19.6 Å². The summed E-state index contributed by atoms with van der Waals surface area (Å²) in [6.45, 7) is 0.918. The number of hydrogen-bond acceptors (Lipinski definition) is 4. The average molecular weight is 237 g/mol. The molecule has 1 N–H and O–H groups in total. The molecule has 5 nitrogen and oxygen atoms in total. The zero-order chi connectivity index (χ0) is 11.3. The van der Waals surface area contributed by atoms with Gasteiger partial charge in [0.2, 0.25) is 10.0 Å². The quantitative estimate of drug-likeness (QED) is 0.650. The monoisotopic (exact) mass is 237 g/mol. The van der Waals surface area contributed by atoms with E-state index in [-0.39, 0.29) is 18.4 Å². The average Bonchev–Trinajstić information content (AvgIpc) is 2.66. The molecule has 1 saturated heterocycles. The molecular formula is C9H19NO4S. The standard InChI is InChI=1S/C9H19NO4S/c1-14-6-3-7-15(12,13)10-5-2-4-9(10)8-11/h9,11H,2-8H2,1H3/t9-/m1/s1. The van der Waals surface area contributed by atoms with Crippen LogP contribution in [0.4, 0.5) is 0 Å². The Hall–Kier alpha value is -0.170. The summed E-state index contributed by atoms with van der Waals surface area (Å²) in [7, 11) is -1.65. The fourth-order valence-corrected chi connectivity index (χ4v) is 3.61. The minimum absolute atomic E-state index is 0.0799. The Kier molecular flexibility index (Phi) is 4.98. The van der Waals surface area contributed by atoms with Crippen molar-refractivity contribution in [2.24, 2.45) is 0 Å². The van der Waals surface area contributed by atoms with Gasteiger partial charge in [0.25, 0.3) is 0 Å². The van der Waals surface area contributed by atoms with E-state index in [1.807, 2.05) is 0 Å². The van der Waals surface area contributed by atoms with Crippen molar-refractivity contribution >= 4 is 10.0 Å². The molecule has 1 fully saturated rings. The topological polar surface area (TPSA) is 66.8 Å². The summed E-state index contributed by atoms with van der Waals surface area (Å²) < 4.78 is 29.9. The second kappa shape index (κ2) is 5.79. The van der Waals surface area contributed by atoms with Gasteiger partial charge in [0.15, 0.2) is 0 Å². The highest BCUT2D eigenvalue weighted by molar-refractivity contribution is 7.89. The molecule has 0 aliphatic carbocycles. The molecular weight excluding hydrogens is 218 g/mol. The van der Waals surface area contributed by atoms with E-state index in [1.54, 1.807) is 7.11 Å². The van der Waals surface area contributed by atoms with Crippen molar-refractivity contribution in [2.75, 3.05) is 32.6 Å². The Morgan fingerprint density at radius 3 is 2.87 bits per heavy atom. The van der Waals surface area contributed by atoms with Crippen LogP contribution in [0, 0.1) is 0 Å². The van der Waals surface area contributed by atoms with Crippen LogP contribution in [0.15, 0.2) is 0 Å². The zero-order valence-electron chi connectivity index (χ0n) is 9.05. The minimum Gasteiger partial charge on any atom is -0.395 e. The number of hydrogen-bond donors (Lipinski definition) is 1. The molecule has 1 heterocycles. The zero-order valence-corrected chi connectivity index (χ0v) is 9.87. The maximum Gasteiger partial charge on any atom is 0.214 e. The molecule has 1 aliphatic heterocycles. The van der Waals surface area contributed by atoms with Crippen molar-refractivity contribution in [3.05, 3.63) is 0 Å². The predicted molar refractivity (Wildman–Crippen MR) is 57.1 cm³/mol. The summed E-state index contributed by atoms with van der Waals surface area (Å²) >= 11 is 0. The van der Waals surface area contributed by atoms with E-state index in [2.05, 4.69) is 0 Å². The Morgan fingerprint density at radius 2 is 2.27 bits per heavy atom. The number of nitrogens with zero attached hydrogens (tertiary/aromatic N) is 1. The Labute approximate surface area is 91.1 Å². The van der Waals surface area contributed by atoms with Crippen LogP contribution in [0.25, 0.3) is 0 Å². The lowest BCUT2D eigenvalue weighted by molar-refractivity contribution is 0.197. The summed E-state index contributed by atoms with van der Waals surface area (Å²) in [6, 6.07) is -0.211. The number of aliphatic hydroxyl groups excluding tert-OH is 1. The molecule has 0 aromatic heterocycles. The molecule has 0 spiro atoms. The van der Waals surface area contributed by atoms with Crippen LogP contribution in [0.5, 0.6) is 0 Å². The summed E-state index contributed by atoms with van der Waals surface area (Å²) in [6.07, 6.45) is 2.11. The maximum atomic E-state index is 11.8. The molecule has 1 atom stereocenters. The third kappa shape index (κ3) is 3.41. The molecule has 0 aromatic rings. The molecule has 15 heavy (non-hydrogen) atoms. The van der Waals surface area contributed by atoms with Crippen LogP contribution in [-0.2, 0) is 14.8 Å². The smallest absolute Gasteiger partial charge is 0.214 e. The largest absolute Gasteiger partial charge is 0.395 e. The van der Waals surface area contributed by atoms with Gasteiger partial charge in [0, 0.05) is 26.3 Å². The summed E-state index contributed by atoms with van der Waals surface area (Å²) in [4.78, 5) is 0. The highest BCUT2D eigenvalue weighted by Gasteiger charge is 2.32. The van der Waals surface area contributed by atoms with Crippen molar-refractivity contribution in [2.45, 2.75) is 25.3 Å². The molecule has 0 amide bonds. The van der Waals surface area contributed by atoms with Gasteiger partial charge in [-0.3, -0.25) is 0 Å². The molecule has 0 bridgehead atoms. The van der Waals surface area contributed by atoms with Gasteiger partial charge >= 0.3 is 0 Å². The lowest BCUT2D eigenvalue weighted by Gasteiger charge is -2.22. The van der Waals surface area contributed by atoms with Crippen LogP contribution >= 0.6 is 0 Å². The number of sulfonamides is 1. The van der Waals surface area contributed by atoms with Gasteiger partial charge in [-0.05, 0) is 19.3 Å². The van der Waals surface area contributed by atoms with E-state index < -0.39 is 10.0 Å². The number of rotatable bonds is 6. The first-order valence-electron chi connectivity index (χ1n) is 5.21. The third-order valence-electron chi connectivity index (χ3n) is 2.64. The third-order valence-corrected chi connectivity index (χ3v) is 4.64. The van der Waals surface area contributed by atoms with Gasteiger partial charge < -0.3 is 9.84 Å². The number of ether oxygens (including phenoxy) is 1. The number of aliphatic hydroxyl groups is 1. The molecule has 0 saturated carbocycles. The molecule has 0 unspecified atom stereocenters.